The first-order chi connectivity index (χ1) is 5.79. The molecule has 0 amide bonds. The Kier molecular flexibility index (Phi) is 3.05. The number of hydrogen-bond acceptors (Lipinski definition) is 2. The minimum absolute atomic E-state index is 0.488. The van der Waals surface area contributed by atoms with Crippen molar-refractivity contribution in [1.29, 1.82) is 0 Å². The van der Waals surface area contributed by atoms with Crippen LogP contribution in [0.3, 0.4) is 0 Å². The van der Waals surface area contributed by atoms with E-state index >= 15 is 0 Å². The van der Waals surface area contributed by atoms with Gasteiger partial charge in [0.05, 0.1) is 7.11 Å². The van der Waals surface area contributed by atoms with E-state index in [2.05, 4.69) is 0 Å². The lowest BCUT2D eigenvalue weighted by atomic mass is 10.1. The van der Waals surface area contributed by atoms with Crippen molar-refractivity contribution >= 4 is 0 Å². The highest BCUT2D eigenvalue weighted by atomic mass is 19.1. The zero-order chi connectivity index (χ0) is 8.97. The third-order valence-electron chi connectivity index (χ3n) is 1.64. The third-order valence-corrected chi connectivity index (χ3v) is 1.64. The van der Waals surface area contributed by atoms with Gasteiger partial charge in [0, 0.05) is 5.56 Å². The van der Waals surface area contributed by atoms with E-state index in [4.69, 9.17) is 4.74 Å². The first kappa shape index (κ1) is 9.00. The van der Waals surface area contributed by atoms with E-state index in [1.54, 1.807) is 24.3 Å². The van der Waals surface area contributed by atoms with Crippen LogP contribution in [0.25, 0.3) is 0 Å². The molecule has 0 saturated carbocycles. The van der Waals surface area contributed by atoms with Crippen molar-refractivity contribution in [3.05, 3.63) is 29.8 Å². The fraction of sp³-hybridized carbons (Fsp3) is 0.333. The van der Waals surface area contributed by atoms with Gasteiger partial charge in [0.15, 0.2) is 0 Å². The Balaban J connectivity index is 2.96. The number of aliphatic hydroxyl groups is 1. The maximum absolute atomic E-state index is 12.1. The van der Waals surface area contributed by atoms with Gasteiger partial charge in [0.25, 0.3) is 0 Å². The van der Waals surface area contributed by atoms with E-state index in [0.717, 1.165) is 0 Å². The molecule has 12 heavy (non-hydrogen) atoms. The summed E-state index contributed by atoms with van der Waals surface area (Å²) >= 11 is 0. The van der Waals surface area contributed by atoms with Crippen molar-refractivity contribution in [1.82, 2.24) is 0 Å². The van der Waals surface area contributed by atoms with Crippen molar-refractivity contribution in [3.8, 4) is 5.75 Å². The van der Waals surface area contributed by atoms with Crippen LogP contribution in [0.1, 0.15) is 11.7 Å². The zero-order valence-electron chi connectivity index (χ0n) is 6.83. The van der Waals surface area contributed by atoms with Gasteiger partial charge in [-0.2, -0.15) is 0 Å². The monoisotopic (exact) mass is 170 g/mol. The fourth-order valence-electron chi connectivity index (χ4n) is 1.02. The van der Waals surface area contributed by atoms with Gasteiger partial charge < -0.3 is 9.84 Å². The number of alkyl halides is 1. The molecule has 1 unspecified atom stereocenters. The Morgan fingerprint density at radius 1 is 1.50 bits per heavy atom. The molecule has 3 heteroatoms. The van der Waals surface area contributed by atoms with E-state index in [1.165, 1.54) is 7.11 Å². The molecule has 0 aromatic heterocycles. The molecule has 1 atom stereocenters. The normalized spacial score (nSPS) is 12.6. The summed E-state index contributed by atoms with van der Waals surface area (Å²) in [6.45, 7) is -0.791. The molecule has 0 radical (unpaired) electrons. The standard InChI is InChI=1S/C9H11FO2/c1-12-9-5-3-2-4-7(9)8(11)6-10/h2-5,8,11H,6H2,1H3. The molecule has 0 aliphatic rings. The quantitative estimate of drug-likeness (QED) is 0.748. The highest BCUT2D eigenvalue weighted by Crippen LogP contribution is 2.24. The molecule has 1 rings (SSSR count). The van der Waals surface area contributed by atoms with Gasteiger partial charge in [-0.3, -0.25) is 0 Å². The van der Waals surface area contributed by atoms with Crippen molar-refractivity contribution in [2.45, 2.75) is 6.10 Å². The average molecular weight is 170 g/mol. The number of ether oxygens (including phenoxy) is 1. The largest absolute Gasteiger partial charge is 0.496 e. The van der Waals surface area contributed by atoms with Crippen LogP contribution in [-0.2, 0) is 0 Å². The molecular weight excluding hydrogens is 159 g/mol. The molecular formula is C9H11FO2. The molecule has 1 aromatic rings. The average Bonchev–Trinajstić information content (AvgIpc) is 2.16. The van der Waals surface area contributed by atoms with E-state index in [9.17, 15) is 9.50 Å². The molecule has 2 nitrogen and oxygen atoms in total. The van der Waals surface area contributed by atoms with Crippen molar-refractivity contribution in [2.24, 2.45) is 0 Å². The first-order valence-electron chi connectivity index (χ1n) is 3.66. The molecule has 0 heterocycles. The van der Waals surface area contributed by atoms with E-state index in [0.29, 0.717) is 11.3 Å². The lowest BCUT2D eigenvalue weighted by Crippen LogP contribution is -2.01. The predicted octanol–water partition coefficient (Wildman–Crippen LogP) is 1.70. The van der Waals surface area contributed by atoms with Crippen LogP contribution in [0.4, 0.5) is 4.39 Å². The zero-order valence-corrected chi connectivity index (χ0v) is 6.83. The minimum Gasteiger partial charge on any atom is -0.496 e. The summed E-state index contributed by atoms with van der Waals surface area (Å²) in [5.41, 5.74) is 0.488. The van der Waals surface area contributed by atoms with E-state index in [-0.39, 0.29) is 0 Å². The second-order valence-electron chi connectivity index (χ2n) is 2.41. The molecule has 1 N–H and O–H groups in total. The molecule has 0 bridgehead atoms. The van der Waals surface area contributed by atoms with Crippen LogP contribution in [0.5, 0.6) is 5.75 Å². The topological polar surface area (TPSA) is 29.5 Å². The number of aliphatic hydroxyl groups excluding tert-OH is 1. The van der Waals surface area contributed by atoms with Gasteiger partial charge >= 0.3 is 0 Å². The fourth-order valence-corrected chi connectivity index (χ4v) is 1.02. The Morgan fingerprint density at radius 2 is 2.17 bits per heavy atom. The van der Waals surface area contributed by atoms with Gasteiger partial charge in [-0.1, -0.05) is 18.2 Å². The highest BCUT2D eigenvalue weighted by molar-refractivity contribution is 5.34. The maximum atomic E-state index is 12.1. The number of rotatable bonds is 3. The maximum Gasteiger partial charge on any atom is 0.124 e. The van der Waals surface area contributed by atoms with Crippen LogP contribution in [0, 0.1) is 0 Å². The van der Waals surface area contributed by atoms with Gasteiger partial charge in [-0.25, -0.2) is 4.39 Å². The van der Waals surface area contributed by atoms with Gasteiger partial charge in [0.2, 0.25) is 0 Å². The summed E-state index contributed by atoms with van der Waals surface area (Å²) in [6.07, 6.45) is -1.08. The highest BCUT2D eigenvalue weighted by Gasteiger charge is 2.11. The van der Waals surface area contributed by atoms with Crippen LogP contribution >= 0.6 is 0 Å². The Bertz CT molecular complexity index is 250. The van der Waals surface area contributed by atoms with E-state index in [1.807, 2.05) is 0 Å². The van der Waals surface area contributed by atoms with Gasteiger partial charge in [-0.05, 0) is 6.07 Å². The number of halogens is 1. The molecule has 0 saturated heterocycles. The van der Waals surface area contributed by atoms with Crippen molar-refractivity contribution in [3.63, 3.8) is 0 Å². The third kappa shape index (κ3) is 1.74. The number of benzene rings is 1. The molecule has 0 aliphatic carbocycles. The van der Waals surface area contributed by atoms with Crippen LogP contribution < -0.4 is 4.74 Å². The molecule has 0 fully saturated rings. The smallest absolute Gasteiger partial charge is 0.124 e. The molecule has 0 spiro atoms. The van der Waals surface area contributed by atoms with Crippen LogP contribution in [0.15, 0.2) is 24.3 Å². The predicted molar refractivity (Wildman–Crippen MR) is 43.9 cm³/mol. The Morgan fingerprint density at radius 3 is 2.75 bits per heavy atom. The molecule has 66 valence electrons. The summed E-state index contributed by atoms with van der Waals surface area (Å²) in [5, 5.41) is 9.19. The Hall–Kier alpha value is -1.09. The molecule has 0 aliphatic heterocycles. The van der Waals surface area contributed by atoms with E-state index < -0.39 is 12.8 Å². The van der Waals surface area contributed by atoms with Crippen molar-refractivity contribution in [2.75, 3.05) is 13.8 Å². The number of para-hydroxylation sites is 1. The van der Waals surface area contributed by atoms with Crippen molar-refractivity contribution < 1.29 is 14.2 Å². The van der Waals surface area contributed by atoms with Gasteiger partial charge in [0.1, 0.15) is 18.5 Å². The molecule has 1 aromatic carbocycles. The summed E-state index contributed by atoms with van der Waals surface area (Å²) in [7, 11) is 1.49. The number of methoxy groups -OCH3 is 1. The second-order valence-corrected chi connectivity index (χ2v) is 2.41. The lowest BCUT2D eigenvalue weighted by molar-refractivity contribution is 0.138. The SMILES string of the molecule is COc1ccccc1C(O)CF. The summed E-state index contributed by atoms with van der Waals surface area (Å²) < 4.78 is 17.0. The first-order valence-corrected chi connectivity index (χ1v) is 3.66. The summed E-state index contributed by atoms with van der Waals surface area (Å²) in [5.74, 6) is 0.516. The van der Waals surface area contributed by atoms with Crippen LogP contribution in [-0.4, -0.2) is 18.9 Å². The summed E-state index contributed by atoms with van der Waals surface area (Å²) in [6, 6.07) is 6.83. The second kappa shape index (κ2) is 4.07. The van der Waals surface area contributed by atoms with Gasteiger partial charge in [-0.15, -0.1) is 0 Å². The lowest BCUT2D eigenvalue weighted by Gasteiger charge is -2.10. The number of hydrogen-bond donors (Lipinski definition) is 1. The minimum atomic E-state index is -1.08. The Labute approximate surface area is 70.6 Å². The van der Waals surface area contributed by atoms with Crippen LogP contribution in [0.2, 0.25) is 0 Å². The summed E-state index contributed by atoms with van der Waals surface area (Å²) in [4.78, 5) is 0.